The van der Waals surface area contributed by atoms with Gasteiger partial charge in [0, 0.05) is 34.6 Å². The largest absolute Gasteiger partial charge is 0.296 e. The van der Waals surface area contributed by atoms with Gasteiger partial charge >= 0.3 is 0 Å². The van der Waals surface area contributed by atoms with Gasteiger partial charge in [0.15, 0.2) is 10.6 Å². The number of allylic oxidation sites excluding steroid dienone is 1. The van der Waals surface area contributed by atoms with Crippen LogP contribution in [0.2, 0.25) is 5.02 Å². The molecule has 1 atom stereocenters. The van der Waals surface area contributed by atoms with Crippen LogP contribution >= 0.6 is 35.2 Å². The summed E-state index contributed by atoms with van der Waals surface area (Å²) in [6, 6.07) is 12.5. The van der Waals surface area contributed by atoms with Gasteiger partial charge in [-0.15, -0.1) is 17.9 Å². The monoisotopic (exact) mass is 416 g/mol. The van der Waals surface area contributed by atoms with E-state index in [4.69, 9.17) is 28.9 Å². The van der Waals surface area contributed by atoms with Crippen LogP contribution < -0.4 is 0 Å². The highest BCUT2D eigenvalue weighted by Gasteiger charge is 2.27. The maximum absolute atomic E-state index is 6.04. The number of thiophene rings is 1. The Morgan fingerprint density at radius 3 is 2.81 bits per heavy atom. The number of nitrogens with zero attached hydrogens (tertiary/aromatic N) is 4. The van der Waals surface area contributed by atoms with E-state index in [2.05, 4.69) is 29.0 Å². The predicted octanol–water partition coefficient (Wildman–Crippen LogP) is 5.78. The standard InChI is InChI=1S/C20H21ClN4S2/c1-2-11-24-19(15-7-9-16(21)10-8-15)22-25(20(24)26)14-23-12-3-5-17(23)18-6-4-13-27-18/h2,4,6-10,13,17H,1,3,5,11-12,14H2. The molecule has 1 saturated heterocycles. The maximum Gasteiger partial charge on any atom is 0.199 e. The topological polar surface area (TPSA) is 26.0 Å². The zero-order valence-corrected chi connectivity index (χ0v) is 17.3. The molecule has 1 unspecified atom stereocenters. The number of aromatic nitrogens is 3. The van der Waals surface area contributed by atoms with Crippen molar-refractivity contribution >= 4 is 35.2 Å². The molecule has 1 aliphatic heterocycles. The fraction of sp³-hybridized carbons (Fsp3) is 0.300. The Balaban J connectivity index is 1.67. The Morgan fingerprint density at radius 1 is 1.30 bits per heavy atom. The minimum absolute atomic E-state index is 0.454. The van der Waals surface area contributed by atoms with Crippen LogP contribution in [0.1, 0.15) is 23.8 Å². The highest BCUT2D eigenvalue weighted by atomic mass is 35.5. The lowest BCUT2D eigenvalue weighted by molar-refractivity contribution is 0.192. The molecular formula is C20H21ClN4S2. The molecule has 0 bridgehead atoms. The fourth-order valence-electron chi connectivity index (χ4n) is 3.61. The third-order valence-corrected chi connectivity index (χ3v) is 6.54. The molecule has 0 spiro atoms. The number of halogens is 1. The van der Waals surface area contributed by atoms with Gasteiger partial charge in [0.1, 0.15) is 0 Å². The predicted molar refractivity (Wildman–Crippen MR) is 115 cm³/mol. The molecule has 1 fully saturated rings. The summed E-state index contributed by atoms with van der Waals surface area (Å²) >= 11 is 13.6. The molecule has 2 aromatic heterocycles. The van der Waals surface area contributed by atoms with Gasteiger partial charge in [-0.05, 0) is 60.8 Å². The van der Waals surface area contributed by atoms with E-state index in [9.17, 15) is 0 Å². The second kappa shape index (κ2) is 8.10. The van der Waals surface area contributed by atoms with Crippen molar-refractivity contribution < 1.29 is 0 Å². The summed E-state index contributed by atoms with van der Waals surface area (Å²) in [4.78, 5) is 3.89. The third-order valence-electron chi connectivity index (χ3n) is 4.89. The molecule has 4 rings (SSSR count). The minimum atomic E-state index is 0.454. The van der Waals surface area contributed by atoms with Gasteiger partial charge in [0.2, 0.25) is 0 Å². The number of hydrogen-bond donors (Lipinski definition) is 0. The molecular weight excluding hydrogens is 396 g/mol. The molecule has 27 heavy (non-hydrogen) atoms. The summed E-state index contributed by atoms with van der Waals surface area (Å²) in [5, 5.41) is 7.71. The molecule has 0 aliphatic carbocycles. The van der Waals surface area contributed by atoms with Crippen LogP contribution in [-0.2, 0) is 13.2 Å². The van der Waals surface area contributed by atoms with E-state index in [1.165, 1.54) is 17.7 Å². The highest BCUT2D eigenvalue weighted by Crippen LogP contribution is 2.34. The quantitative estimate of drug-likeness (QED) is 0.376. The Bertz CT molecular complexity index is 973. The summed E-state index contributed by atoms with van der Waals surface area (Å²) in [5.41, 5.74) is 1.00. The van der Waals surface area contributed by atoms with E-state index in [0.29, 0.717) is 24.3 Å². The average Bonchev–Trinajstić information content (AvgIpc) is 3.40. The van der Waals surface area contributed by atoms with Crippen LogP contribution in [0, 0.1) is 4.77 Å². The van der Waals surface area contributed by atoms with Gasteiger partial charge in [-0.3, -0.25) is 9.47 Å². The van der Waals surface area contributed by atoms with Gasteiger partial charge < -0.3 is 0 Å². The number of rotatable bonds is 6. The first kappa shape index (κ1) is 18.6. The van der Waals surface area contributed by atoms with Gasteiger partial charge in [-0.2, -0.15) is 5.10 Å². The van der Waals surface area contributed by atoms with Crippen molar-refractivity contribution in [3.05, 3.63) is 69.1 Å². The van der Waals surface area contributed by atoms with Gasteiger partial charge in [-0.25, -0.2) is 4.68 Å². The van der Waals surface area contributed by atoms with Crippen molar-refractivity contribution in [1.29, 1.82) is 0 Å². The van der Waals surface area contributed by atoms with Crippen molar-refractivity contribution in [3.8, 4) is 11.4 Å². The Hall–Kier alpha value is -1.73. The van der Waals surface area contributed by atoms with Crippen molar-refractivity contribution in [3.63, 3.8) is 0 Å². The lowest BCUT2D eigenvalue weighted by Gasteiger charge is -2.23. The Morgan fingerprint density at radius 2 is 2.11 bits per heavy atom. The summed E-state index contributed by atoms with van der Waals surface area (Å²) in [6.07, 6.45) is 4.24. The Labute approximate surface area is 173 Å². The molecule has 7 heteroatoms. The molecule has 140 valence electrons. The second-order valence-electron chi connectivity index (χ2n) is 6.64. The van der Waals surface area contributed by atoms with Crippen LogP contribution in [0.25, 0.3) is 11.4 Å². The molecule has 3 heterocycles. The van der Waals surface area contributed by atoms with Crippen LogP contribution in [0.4, 0.5) is 0 Å². The summed E-state index contributed by atoms with van der Waals surface area (Å²) in [6.45, 7) is 6.27. The normalized spacial score (nSPS) is 17.4. The molecule has 4 nitrogen and oxygen atoms in total. The zero-order valence-electron chi connectivity index (χ0n) is 14.9. The number of likely N-dealkylation sites (tertiary alicyclic amines) is 1. The van der Waals surface area contributed by atoms with E-state index in [-0.39, 0.29) is 0 Å². The van der Waals surface area contributed by atoms with E-state index < -0.39 is 0 Å². The van der Waals surface area contributed by atoms with Crippen LogP contribution in [-0.4, -0.2) is 25.8 Å². The first-order valence-electron chi connectivity index (χ1n) is 8.99. The second-order valence-corrected chi connectivity index (χ2v) is 8.42. The first-order chi connectivity index (χ1) is 13.2. The molecule has 0 saturated carbocycles. The molecule has 0 radical (unpaired) electrons. The SMILES string of the molecule is C=CCn1c(-c2ccc(Cl)cc2)nn(CN2CCCC2c2cccs2)c1=S. The molecule has 3 aromatic rings. The van der Waals surface area contributed by atoms with Crippen LogP contribution in [0.5, 0.6) is 0 Å². The third kappa shape index (κ3) is 3.80. The van der Waals surface area contributed by atoms with E-state index in [0.717, 1.165) is 22.7 Å². The number of hydrogen-bond acceptors (Lipinski definition) is 4. The lowest BCUT2D eigenvalue weighted by atomic mass is 10.2. The van der Waals surface area contributed by atoms with Crippen molar-refractivity contribution in [2.45, 2.75) is 32.1 Å². The highest BCUT2D eigenvalue weighted by molar-refractivity contribution is 7.71. The molecule has 0 amide bonds. The minimum Gasteiger partial charge on any atom is -0.296 e. The van der Waals surface area contributed by atoms with Gasteiger partial charge in [0.25, 0.3) is 0 Å². The summed E-state index contributed by atoms with van der Waals surface area (Å²) in [7, 11) is 0. The zero-order chi connectivity index (χ0) is 18.8. The summed E-state index contributed by atoms with van der Waals surface area (Å²) < 4.78 is 4.69. The molecule has 1 aliphatic rings. The van der Waals surface area contributed by atoms with Gasteiger partial charge in [-0.1, -0.05) is 23.7 Å². The summed E-state index contributed by atoms with van der Waals surface area (Å²) in [5.74, 6) is 0.850. The molecule has 0 N–H and O–H groups in total. The van der Waals surface area contributed by atoms with E-state index in [1.807, 2.05) is 50.9 Å². The van der Waals surface area contributed by atoms with Crippen LogP contribution in [0.3, 0.4) is 0 Å². The average molecular weight is 417 g/mol. The lowest BCUT2D eigenvalue weighted by Crippen LogP contribution is -2.26. The number of benzene rings is 1. The van der Waals surface area contributed by atoms with Crippen LogP contribution in [0.15, 0.2) is 54.4 Å². The van der Waals surface area contributed by atoms with Gasteiger partial charge in [0.05, 0.1) is 6.67 Å². The smallest absolute Gasteiger partial charge is 0.199 e. The first-order valence-corrected chi connectivity index (χ1v) is 10.7. The van der Waals surface area contributed by atoms with Crippen molar-refractivity contribution in [2.24, 2.45) is 0 Å². The van der Waals surface area contributed by atoms with E-state index in [1.54, 1.807) is 0 Å². The maximum atomic E-state index is 6.04. The van der Waals surface area contributed by atoms with Crippen molar-refractivity contribution in [1.82, 2.24) is 19.2 Å². The molecule has 1 aromatic carbocycles. The Kier molecular flexibility index (Phi) is 5.59. The van der Waals surface area contributed by atoms with Crippen molar-refractivity contribution in [2.75, 3.05) is 6.54 Å². The fourth-order valence-corrected chi connectivity index (χ4v) is 4.89. The van der Waals surface area contributed by atoms with E-state index >= 15 is 0 Å².